The summed E-state index contributed by atoms with van der Waals surface area (Å²) in [5.41, 5.74) is 7.69. The molecule has 1 heterocycles. The lowest BCUT2D eigenvalue weighted by Crippen LogP contribution is -2.23. The van der Waals surface area contributed by atoms with Crippen LogP contribution in [0, 0.1) is 0 Å². The second-order valence-corrected chi connectivity index (χ2v) is 6.61. The SMILES string of the molecule is CN(C)S(=O)(=O)c1cccc(NCc2ccoc2)c1N. The van der Waals surface area contributed by atoms with Crippen LogP contribution in [0.2, 0.25) is 0 Å². The zero-order valence-corrected chi connectivity index (χ0v) is 12.1. The summed E-state index contributed by atoms with van der Waals surface area (Å²) in [5.74, 6) is 0. The fourth-order valence-electron chi connectivity index (χ4n) is 1.71. The minimum atomic E-state index is -3.55. The summed E-state index contributed by atoms with van der Waals surface area (Å²) >= 11 is 0. The minimum absolute atomic E-state index is 0.0969. The second-order valence-electron chi connectivity index (χ2n) is 4.49. The van der Waals surface area contributed by atoms with Gasteiger partial charge in [0.1, 0.15) is 4.90 Å². The maximum absolute atomic E-state index is 12.1. The van der Waals surface area contributed by atoms with Gasteiger partial charge in [-0.3, -0.25) is 0 Å². The Kier molecular flexibility index (Phi) is 4.01. The number of para-hydroxylation sites is 1. The first-order valence-corrected chi connectivity index (χ1v) is 7.43. The van der Waals surface area contributed by atoms with Crippen LogP contribution in [0.3, 0.4) is 0 Å². The topological polar surface area (TPSA) is 88.6 Å². The maximum atomic E-state index is 12.1. The molecule has 0 saturated heterocycles. The lowest BCUT2D eigenvalue weighted by molar-refractivity contribution is 0.521. The van der Waals surface area contributed by atoms with E-state index in [1.807, 2.05) is 6.07 Å². The number of nitrogens with two attached hydrogens (primary N) is 1. The number of rotatable bonds is 5. The molecule has 3 N–H and O–H groups in total. The molecule has 20 heavy (non-hydrogen) atoms. The van der Waals surface area contributed by atoms with Crippen molar-refractivity contribution in [2.45, 2.75) is 11.4 Å². The van der Waals surface area contributed by atoms with Gasteiger partial charge >= 0.3 is 0 Å². The predicted molar refractivity (Wildman–Crippen MR) is 77.8 cm³/mol. The van der Waals surface area contributed by atoms with Crippen LogP contribution in [0.15, 0.2) is 46.1 Å². The molecule has 0 amide bonds. The van der Waals surface area contributed by atoms with Gasteiger partial charge in [-0.05, 0) is 18.2 Å². The number of nitrogens with one attached hydrogen (secondary N) is 1. The number of furan rings is 1. The Labute approximate surface area is 118 Å². The molecule has 0 spiro atoms. The fraction of sp³-hybridized carbons (Fsp3) is 0.231. The molecule has 1 aromatic carbocycles. The van der Waals surface area contributed by atoms with Crippen LogP contribution in [0.5, 0.6) is 0 Å². The molecule has 0 aliphatic carbocycles. The van der Waals surface area contributed by atoms with Gasteiger partial charge < -0.3 is 15.5 Å². The Morgan fingerprint density at radius 3 is 2.65 bits per heavy atom. The lowest BCUT2D eigenvalue weighted by Gasteiger charge is -2.16. The number of nitrogens with zero attached hydrogens (tertiary/aromatic N) is 1. The van der Waals surface area contributed by atoms with E-state index in [0.717, 1.165) is 9.87 Å². The summed E-state index contributed by atoms with van der Waals surface area (Å²) in [6.45, 7) is 0.506. The van der Waals surface area contributed by atoms with Crippen molar-refractivity contribution in [3.63, 3.8) is 0 Å². The molecule has 0 aliphatic heterocycles. The lowest BCUT2D eigenvalue weighted by atomic mass is 10.2. The Hall–Kier alpha value is -1.99. The van der Waals surface area contributed by atoms with Gasteiger partial charge in [-0.25, -0.2) is 12.7 Å². The third-order valence-electron chi connectivity index (χ3n) is 2.89. The van der Waals surface area contributed by atoms with Gasteiger partial charge in [0, 0.05) is 26.2 Å². The summed E-state index contributed by atoms with van der Waals surface area (Å²) in [5, 5.41) is 3.10. The molecule has 0 unspecified atom stereocenters. The summed E-state index contributed by atoms with van der Waals surface area (Å²) in [6, 6.07) is 6.71. The number of hydrogen-bond donors (Lipinski definition) is 2. The van der Waals surface area contributed by atoms with Gasteiger partial charge in [0.2, 0.25) is 10.0 Å². The van der Waals surface area contributed by atoms with Crippen LogP contribution in [0.1, 0.15) is 5.56 Å². The Morgan fingerprint density at radius 2 is 2.05 bits per heavy atom. The standard InChI is InChI=1S/C13H17N3O3S/c1-16(2)20(17,18)12-5-3-4-11(13(12)14)15-8-10-6-7-19-9-10/h3-7,9,15H,8,14H2,1-2H3. The molecule has 1 aromatic heterocycles. The van der Waals surface area contributed by atoms with Gasteiger partial charge in [0.25, 0.3) is 0 Å². The van der Waals surface area contributed by atoms with Gasteiger partial charge in [0.05, 0.1) is 23.9 Å². The fourth-order valence-corrected chi connectivity index (χ4v) is 2.74. The van der Waals surface area contributed by atoms with E-state index in [2.05, 4.69) is 5.32 Å². The number of hydrogen-bond acceptors (Lipinski definition) is 5. The van der Waals surface area contributed by atoms with E-state index in [9.17, 15) is 8.42 Å². The summed E-state index contributed by atoms with van der Waals surface area (Å²) in [7, 11) is -0.607. The van der Waals surface area contributed by atoms with E-state index >= 15 is 0 Å². The average Bonchev–Trinajstić information content (AvgIpc) is 2.90. The highest BCUT2D eigenvalue weighted by atomic mass is 32.2. The molecule has 0 atom stereocenters. The molecular weight excluding hydrogens is 278 g/mol. The summed E-state index contributed by atoms with van der Waals surface area (Å²) in [4.78, 5) is 0.0969. The largest absolute Gasteiger partial charge is 0.472 e. The van der Waals surface area contributed by atoms with Crippen molar-refractivity contribution >= 4 is 21.4 Å². The molecular formula is C13H17N3O3S. The van der Waals surface area contributed by atoms with E-state index in [1.54, 1.807) is 24.7 Å². The zero-order chi connectivity index (χ0) is 14.8. The van der Waals surface area contributed by atoms with Crippen molar-refractivity contribution in [3.8, 4) is 0 Å². The third kappa shape index (κ3) is 2.78. The van der Waals surface area contributed by atoms with E-state index < -0.39 is 10.0 Å². The molecule has 2 aromatic rings. The molecule has 0 bridgehead atoms. The zero-order valence-electron chi connectivity index (χ0n) is 11.3. The van der Waals surface area contributed by atoms with Gasteiger partial charge in [-0.1, -0.05) is 6.07 Å². The summed E-state index contributed by atoms with van der Waals surface area (Å²) in [6.07, 6.45) is 3.19. The Balaban J connectivity index is 2.28. The summed E-state index contributed by atoms with van der Waals surface area (Å²) < 4.78 is 30.4. The molecule has 2 rings (SSSR count). The van der Waals surface area contributed by atoms with Crippen LogP contribution in [0.4, 0.5) is 11.4 Å². The van der Waals surface area contributed by atoms with Crippen LogP contribution in [-0.2, 0) is 16.6 Å². The quantitative estimate of drug-likeness (QED) is 0.820. The first-order chi connectivity index (χ1) is 9.43. The maximum Gasteiger partial charge on any atom is 0.244 e. The van der Waals surface area contributed by atoms with Crippen LogP contribution >= 0.6 is 0 Å². The smallest absolute Gasteiger partial charge is 0.244 e. The Morgan fingerprint density at radius 1 is 1.30 bits per heavy atom. The van der Waals surface area contributed by atoms with Crippen LogP contribution in [-0.4, -0.2) is 26.8 Å². The number of benzene rings is 1. The van der Waals surface area contributed by atoms with Gasteiger partial charge in [0.15, 0.2) is 0 Å². The molecule has 0 aliphatic rings. The van der Waals surface area contributed by atoms with Gasteiger partial charge in [-0.15, -0.1) is 0 Å². The van der Waals surface area contributed by atoms with E-state index in [-0.39, 0.29) is 10.6 Å². The Bertz CT molecular complexity index is 679. The van der Waals surface area contributed by atoms with Crippen molar-refractivity contribution in [2.75, 3.05) is 25.1 Å². The molecule has 6 nitrogen and oxygen atoms in total. The minimum Gasteiger partial charge on any atom is -0.472 e. The van der Waals surface area contributed by atoms with Crippen molar-refractivity contribution in [1.29, 1.82) is 0 Å². The van der Waals surface area contributed by atoms with Crippen LogP contribution in [0.25, 0.3) is 0 Å². The highest BCUT2D eigenvalue weighted by Crippen LogP contribution is 2.28. The van der Waals surface area contributed by atoms with Crippen molar-refractivity contribution < 1.29 is 12.8 Å². The van der Waals surface area contributed by atoms with Crippen molar-refractivity contribution in [1.82, 2.24) is 4.31 Å². The second kappa shape index (κ2) is 5.56. The van der Waals surface area contributed by atoms with Gasteiger partial charge in [-0.2, -0.15) is 0 Å². The molecule has 0 radical (unpaired) electrons. The number of sulfonamides is 1. The first kappa shape index (κ1) is 14.4. The van der Waals surface area contributed by atoms with Crippen LogP contribution < -0.4 is 11.1 Å². The predicted octanol–water partition coefficient (Wildman–Crippen LogP) is 1.72. The molecule has 0 fully saturated rings. The first-order valence-electron chi connectivity index (χ1n) is 5.99. The van der Waals surface area contributed by atoms with Crippen molar-refractivity contribution in [3.05, 3.63) is 42.4 Å². The van der Waals surface area contributed by atoms with E-state index in [0.29, 0.717) is 12.2 Å². The monoisotopic (exact) mass is 295 g/mol. The molecule has 0 saturated carbocycles. The number of nitrogen functional groups attached to an aromatic ring is 1. The average molecular weight is 295 g/mol. The molecule has 7 heteroatoms. The van der Waals surface area contributed by atoms with Crippen molar-refractivity contribution in [2.24, 2.45) is 0 Å². The van der Waals surface area contributed by atoms with E-state index in [4.69, 9.17) is 10.2 Å². The number of anilines is 2. The molecule has 108 valence electrons. The normalized spacial score (nSPS) is 11.8. The highest BCUT2D eigenvalue weighted by Gasteiger charge is 2.21. The van der Waals surface area contributed by atoms with E-state index in [1.165, 1.54) is 20.2 Å². The third-order valence-corrected chi connectivity index (χ3v) is 4.76. The highest BCUT2D eigenvalue weighted by molar-refractivity contribution is 7.89.